The van der Waals surface area contributed by atoms with Crippen LogP contribution in [-0.2, 0) is 16.6 Å². The molecule has 68 valence electrons. The Morgan fingerprint density at radius 2 is 2.15 bits per heavy atom. The normalized spacial score (nSPS) is 25.7. The van der Waals surface area contributed by atoms with Crippen molar-refractivity contribution in [3.8, 4) is 0 Å². The molecule has 0 N–H and O–H groups in total. The Kier molecular flexibility index (Phi) is 1.92. The van der Waals surface area contributed by atoms with Crippen molar-refractivity contribution in [3.63, 3.8) is 0 Å². The number of benzene rings is 1. The Bertz CT molecular complexity index is 359. The highest BCUT2D eigenvalue weighted by molar-refractivity contribution is 6.65. The zero-order valence-corrected chi connectivity index (χ0v) is 8.27. The minimum atomic E-state index is -0.446. The highest BCUT2D eigenvalue weighted by atomic mass is 35.5. The van der Waals surface area contributed by atoms with Crippen LogP contribution in [-0.4, -0.2) is 5.24 Å². The number of aryl methyl sites for hydroxylation is 1. The molecule has 2 heteroatoms. The van der Waals surface area contributed by atoms with Gasteiger partial charge >= 0.3 is 0 Å². The van der Waals surface area contributed by atoms with E-state index in [2.05, 4.69) is 6.07 Å². The number of carbonyl (C=O) groups is 1. The molecule has 0 spiro atoms. The van der Waals surface area contributed by atoms with Crippen molar-refractivity contribution in [2.75, 3.05) is 0 Å². The Balaban J connectivity index is 2.55. The minimum Gasteiger partial charge on any atom is -0.280 e. The highest BCUT2D eigenvalue weighted by Crippen LogP contribution is 2.39. The van der Waals surface area contributed by atoms with Gasteiger partial charge < -0.3 is 0 Å². The Morgan fingerprint density at radius 1 is 1.46 bits per heavy atom. The van der Waals surface area contributed by atoms with E-state index in [1.807, 2.05) is 25.1 Å². The summed E-state index contributed by atoms with van der Waals surface area (Å²) < 4.78 is 0. The van der Waals surface area contributed by atoms with E-state index < -0.39 is 5.41 Å². The fourth-order valence-corrected chi connectivity index (χ4v) is 2.20. The van der Waals surface area contributed by atoms with Crippen molar-refractivity contribution in [2.24, 2.45) is 0 Å². The molecular formula is C11H11ClO. The second kappa shape index (κ2) is 2.85. The van der Waals surface area contributed by atoms with Crippen molar-refractivity contribution in [2.45, 2.75) is 25.2 Å². The fourth-order valence-electron chi connectivity index (χ4n) is 2.00. The van der Waals surface area contributed by atoms with Crippen molar-refractivity contribution in [1.82, 2.24) is 0 Å². The number of carbonyl (C=O) groups excluding carboxylic acids is 1. The average molecular weight is 195 g/mol. The fraction of sp³-hybridized carbons (Fsp3) is 0.364. The van der Waals surface area contributed by atoms with Crippen LogP contribution in [0.5, 0.6) is 0 Å². The molecule has 13 heavy (non-hydrogen) atoms. The van der Waals surface area contributed by atoms with Gasteiger partial charge in [0.15, 0.2) is 0 Å². The lowest BCUT2D eigenvalue weighted by Crippen LogP contribution is -2.25. The van der Waals surface area contributed by atoms with Crippen LogP contribution in [0, 0.1) is 0 Å². The molecule has 1 aliphatic rings. The van der Waals surface area contributed by atoms with E-state index in [1.54, 1.807) is 0 Å². The van der Waals surface area contributed by atoms with E-state index >= 15 is 0 Å². The van der Waals surface area contributed by atoms with Gasteiger partial charge in [0, 0.05) is 0 Å². The van der Waals surface area contributed by atoms with Gasteiger partial charge in [0.2, 0.25) is 5.24 Å². The summed E-state index contributed by atoms with van der Waals surface area (Å²) in [6.07, 6.45) is 1.81. The molecular weight excluding hydrogens is 184 g/mol. The van der Waals surface area contributed by atoms with Crippen molar-refractivity contribution >= 4 is 16.8 Å². The minimum absolute atomic E-state index is 0.238. The second-order valence-corrected chi connectivity index (χ2v) is 4.11. The maximum Gasteiger partial charge on any atom is 0.231 e. The molecule has 2 rings (SSSR count). The first-order valence-corrected chi connectivity index (χ1v) is 4.81. The number of hydrogen-bond acceptors (Lipinski definition) is 1. The van der Waals surface area contributed by atoms with Gasteiger partial charge in [-0.1, -0.05) is 24.3 Å². The third-order valence-corrected chi connectivity index (χ3v) is 3.36. The van der Waals surface area contributed by atoms with E-state index in [9.17, 15) is 4.79 Å². The second-order valence-electron chi connectivity index (χ2n) is 3.76. The largest absolute Gasteiger partial charge is 0.280 e. The van der Waals surface area contributed by atoms with E-state index in [0.29, 0.717) is 0 Å². The van der Waals surface area contributed by atoms with Gasteiger partial charge in [-0.3, -0.25) is 4.79 Å². The molecule has 0 heterocycles. The quantitative estimate of drug-likeness (QED) is 0.629. The van der Waals surface area contributed by atoms with Gasteiger partial charge in [0.25, 0.3) is 0 Å². The summed E-state index contributed by atoms with van der Waals surface area (Å²) >= 11 is 5.61. The van der Waals surface area contributed by atoms with Crippen LogP contribution >= 0.6 is 11.6 Å². The number of rotatable bonds is 1. The zero-order valence-electron chi connectivity index (χ0n) is 7.51. The molecule has 1 unspecified atom stereocenters. The van der Waals surface area contributed by atoms with Crippen molar-refractivity contribution < 1.29 is 4.79 Å². The molecule has 1 aromatic carbocycles. The van der Waals surface area contributed by atoms with E-state index in [1.165, 1.54) is 5.56 Å². The Morgan fingerprint density at radius 3 is 2.85 bits per heavy atom. The monoisotopic (exact) mass is 194 g/mol. The van der Waals surface area contributed by atoms with Gasteiger partial charge in [0.05, 0.1) is 5.41 Å². The van der Waals surface area contributed by atoms with E-state index in [4.69, 9.17) is 11.6 Å². The predicted molar refractivity (Wildman–Crippen MR) is 53.0 cm³/mol. The molecule has 0 amide bonds. The smallest absolute Gasteiger partial charge is 0.231 e. The molecule has 0 aromatic heterocycles. The lowest BCUT2D eigenvalue weighted by molar-refractivity contribution is -0.116. The lowest BCUT2D eigenvalue weighted by atomic mass is 9.86. The van der Waals surface area contributed by atoms with Crippen LogP contribution in [0.4, 0.5) is 0 Å². The molecule has 0 fully saturated rings. The topological polar surface area (TPSA) is 17.1 Å². The molecule has 0 aliphatic heterocycles. The molecule has 0 saturated carbocycles. The molecule has 1 aromatic rings. The summed E-state index contributed by atoms with van der Waals surface area (Å²) in [6, 6.07) is 8.04. The zero-order chi connectivity index (χ0) is 9.47. The van der Waals surface area contributed by atoms with Crippen molar-refractivity contribution in [1.29, 1.82) is 0 Å². The Hall–Kier alpha value is -0.820. The van der Waals surface area contributed by atoms with Crippen molar-refractivity contribution in [3.05, 3.63) is 35.4 Å². The summed E-state index contributed by atoms with van der Waals surface area (Å²) in [5.41, 5.74) is 1.92. The van der Waals surface area contributed by atoms with Gasteiger partial charge in [-0.05, 0) is 42.5 Å². The molecule has 0 bridgehead atoms. The van der Waals surface area contributed by atoms with Gasteiger partial charge in [-0.2, -0.15) is 0 Å². The first-order chi connectivity index (χ1) is 6.14. The van der Waals surface area contributed by atoms with Gasteiger partial charge in [0.1, 0.15) is 0 Å². The average Bonchev–Trinajstić information content (AvgIpc) is 2.47. The Labute approximate surface area is 82.7 Å². The van der Waals surface area contributed by atoms with Crippen LogP contribution < -0.4 is 0 Å². The number of halogens is 1. The first-order valence-electron chi connectivity index (χ1n) is 4.43. The molecule has 1 aliphatic carbocycles. The van der Waals surface area contributed by atoms with Crippen LogP contribution in [0.3, 0.4) is 0 Å². The molecule has 0 radical (unpaired) electrons. The summed E-state index contributed by atoms with van der Waals surface area (Å²) in [6.45, 7) is 1.92. The summed E-state index contributed by atoms with van der Waals surface area (Å²) in [5, 5.41) is -0.238. The molecule has 0 saturated heterocycles. The SMILES string of the molecule is CC1(C(=O)Cl)CCc2ccccc21. The third-order valence-electron chi connectivity index (χ3n) is 2.94. The predicted octanol–water partition coefficient (Wildman–Crippen LogP) is 2.66. The third kappa shape index (κ3) is 1.19. The first kappa shape index (κ1) is 8.76. The summed E-state index contributed by atoms with van der Waals surface area (Å²) in [4.78, 5) is 11.3. The highest BCUT2D eigenvalue weighted by Gasteiger charge is 2.39. The van der Waals surface area contributed by atoms with Gasteiger partial charge in [-0.25, -0.2) is 0 Å². The lowest BCUT2D eigenvalue weighted by Gasteiger charge is -2.19. The number of hydrogen-bond donors (Lipinski definition) is 0. The van der Waals surface area contributed by atoms with Crippen LogP contribution in [0.2, 0.25) is 0 Å². The van der Waals surface area contributed by atoms with Crippen LogP contribution in [0.15, 0.2) is 24.3 Å². The maximum absolute atomic E-state index is 11.3. The summed E-state index contributed by atoms with van der Waals surface area (Å²) in [7, 11) is 0. The molecule has 1 nitrogen and oxygen atoms in total. The standard InChI is InChI=1S/C11H11ClO/c1-11(10(12)13)7-6-8-4-2-3-5-9(8)11/h2-5H,6-7H2,1H3. The number of fused-ring (bicyclic) bond motifs is 1. The van der Waals surface area contributed by atoms with E-state index in [-0.39, 0.29) is 5.24 Å². The summed E-state index contributed by atoms with van der Waals surface area (Å²) in [5.74, 6) is 0. The van der Waals surface area contributed by atoms with Crippen LogP contribution in [0.25, 0.3) is 0 Å². The maximum atomic E-state index is 11.3. The molecule has 1 atom stereocenters. The van der Waals surface area contributed by atoms with Crippen LogP contribution in [0.1, 0.15) is 24.5 Å². The van der Waals surface area contributed by atoms with Gasteiger partial charge in [-0.15, -0.1) is 0 Å². The van der Waals surface area contributed by atoms with E-state index in [0.717, 1.165) is 18.4 Å².